The number of ketones is 1. The second-order valence-corrected chi connectivity index (χ2v) is 28.6. The van der Waals surface area contributed by atoms with Gasteiger partial charge in [-0.05, 0) is 134 Å². The maximum absolute atomic E-state index is 12.9. The van der Waals surface area contributed by atoms with Crippen LogP contribution in [-0.4, -0.2) is 34.6 Å². The molecule has 0 heterocycles. The van der Waals surface area contributed by atoms with Crippen molar-refractivity contribution in [3.8, 4) is 0 Å². The number of allylic oxidation sites excluding steroid dienone is 5. The first kappa shape index (κ1) is 37.8. The quantitative estimate of drug-likeness (QED) is 0.172. The van der Waals surface area contributed by atoms with E-state index in [1.54, 1.807) is 5.57 Å². The highest BCUT2D eigenvalue weighted by Crippen LogP contribution is 2.60. The van der Waals surface area contributed by atoms with Gasteiger partial charge in [0.15, 0.2) is 22.4 Å². The summed E-state index contributed by atoms with van der Waals surface area (Å²) in [4.78, 5) is 12.9. The molecule has 0 aliphatic heterocycles. The fourth-order valence-electron chi connectivity index (χ4n) is 8.38. The minimum Gasteiger partial charge on any atom is -0.413 e. The van der Waals surface area contributed by atoms with Crippen molar-refractivity contribution in [1.82, 2.24) is 0 Å². The average molecular weight is 667 g/mol. The maximum atomic E-state index is 12.9. The van der Waals surface area contributed by atoms with Gasteiger partial charge in [-0.3, -0.25) is 4.79 Å². The van der Waals surface area contributed by atoms with Crippen molar-refractivity contribution in [1.29, 1.82) is 0 Å². The zero-order valence-electron chi connectivity index (χ0n) is 32.2. The molecular formula is C41H70O3Si2. The van der Waals surface area contributed by atoms with Crippen LogP contribution in [0.1, 0.15) is 127 Å². The molecule has 0 spiro atoms. The first-order valence-electron chi connectivity index (χ1n) is 18.7. The summed E-state index contributed by atoms with van der Waals surface area (Å²) in [7, 11) is -3.92. The van der Waals surface area contributed by atoms with Crippen molar-refractivity contribution in [2.24, 2.45) is 28.6 Å². The van der Waals surface area contributed by atoms with Gasteiger partial charge >= 0.3 is 0 Å². The van der Waals surface area contributed by atoms with E-state index >= 15 is 0 Å². The lowest BCUT2D eigenvalue weighted by Gasteiger charge is -2.45. The first-order chi connectivity index (χ1) is 21.1. The molecule has 0 aromatic rings. The van der Waals surface area contributed by atoms with Crippen molar-refractivity contribution in [3.63, 3.8) is 0 Å². The van der Waals surface area contributed by atoms with Crippen molar-refractivity contribution in [2.75, 3.05) is 0 Å². The van der Waals surface area contributed by atoms with Crippen LogP contribution in [0.5, 0.6) is 0 Å². The Balaban J connectivity index is 1.57. The molecule has 46 heavy (non-hydrogen) atoms. The van der Waals surface area contributed by atoms with E-state index in [2.05, 4.69) is 113 Å². The molecule has 4 rings (SSSR count). The Labute approximate surface area is 286 Å². The van der Waals surface area contributed by atoms with E-state index < -0.39 is 16.6 Å². The number of carbonyl (C=O) groups is 1. The first-order valence-corrected chi connectivity index (χ1v) is 24.6. The predicted molar refractivity (Wildman–Crippen MR) is 202 cm³/mol. The predicted octanol–water partition coefficient (Wildman–Crippen LogP) is 12.1. The summed E-state index contributed by atoms with van der Waals surface area (Å²) in [6.45, 7) is 35.3. The van der Waals surface area contributed by atoms with Crippen molar-refractivity contribution in [2.45, 2.75) is 175 Å². The Hall–Kier alpha value is -1.02. The third-order valence-electron chi connectivity index (χ3n) is 14.0. The van der Waals surface area contributed by atoms with Gasteiger partial charge in [-0.1, -0.05) is 92.7 Å². The summed E-state index contributed by atoms with van der Waals surface area (Å²) in [5.41, 5.74) is 4.39. The van der Waals surface area contributed by atoms with Crippen LogP contribution >= 0.6 is 0 Å². The van der Waals surface area contributed by atoms with Gasteiger partial charge in [-0.15, -0.1) is 0 Å². The Morgan fingerprint density at radius 3 is 2.15 bits per heavy atom. The monoisotopic (exact) mass is 666 g/mol. The lowest BCUT2D eigenvalue weighted by molar-refractivity contribution is -0.119. The van der Waals surface area contributed by atoms with Gasteiger partial charge in [-0.25, -0.2) is 0 Å². The van der Waals surface area contributed by atoms with Gasteiger partial charge in [0.05, 0.1) is 12.2 Å². The Morgan fingerprint density at radius 2 is 1.59 bits per heavy atom. The molecule has 4 saturated carbocycles. The van der Waals surface area contributed by atoms with Gasteiger partial charge in [0.1, 0.15) is 0 Å². The summed E-state index contributed by atoms with van der Waals surface area (Å²) in [5.74, 6) is 2.06. The largest absolute Gasteiger partial charge is 0.413 e. The third-order valence-corrected chi connectivity index (χ3v) is 23.0. The van der Waals surface area contributed by atoms with E-state index in [0.717, 1.165) is 32.1 Å². The van der Waals surface area contributed by atoms with Crippen LogP contribution in [0.4, 0.5) is 0 Å². The van der Waals surface area contributed by atoms with Gasteiger partial charge in [0, 0.05) is 11.8 Å². The van der Waals surface area contributed by atoms with E-state index in [9.17, 15) is 4.79 Å². The molecule has 0 amide bonds. The zero-order chi connectivity index (χ0) is 34.5. The van der Waals surface area contributed by atoms with E-state index in [4.69, 9.17) is 8.85 Å². The summed E-state index contributed by atoms with van der Waals surface area (Å²) in [6, 6.07) is 0. The normalized spacial score (nSPS) is 33.1. The molecule has 6 atom stereocenters. The highest BCUT2D eigenvalue weighted by atomic mass is 28.4. The zero-order valence-corrected chi connectivity index (χ0v) is 34.2. The molecule has 0 aromatic carbocycles. The number of hydrogen-bond acceptors (Lipinski definition) is 3. The molecule has 4 fully saturated rings. The minimum atomic E-state index is -1.99. The van der Waals surface area contributed by atoms with Crippen LogP contribution in [0.15, 0.2) is 47.6 Å². The highest BCUT2D eigenvalue weighted by molar-refractivity contribution is 6.74. The van der Waals surface area contributed by atoms with Gasteiger partial charge in [0.25, 0.3) is 0 Å². The van der Waals surface area contributed by atoms with E-state index in [1.165, 1.54) is 43.3 Å². The van der Waals surface area contributed by atoms with Crippen LogP contribution in [0.25, 0.3) is 0 Å². The number of fused-ring (bicyclic) bond motifs is 1. The SMILES string of the molecule is C=C1/C(=C\C=C2/CCC[C@]3(C)[C@@H]([C@H](C)/C=C/C(=O)C4(CC)CC4)CC[C@@H]23)C[C@@H](O[Si](C)(C)C(C)(C)C)C[C@@H]1O[Si](C)(C)C(C)(C)C. The van der Waals surface area contributed by atoms with Crippen LogP contribution in [0.2, 0.25) is 36.3 Å². The summed E-state index contributed by atoms with van der Waals surface area (Å²) in [6.07, 6.45) is 20.5. The standard InChI is InChI=1S/C41H70O3Si2/c1-15-41(25-26-41)37(42)23-18-29(2)34-21-22-35-31(17-16-24-40(34,35)10)19-20-32-27-33(43-45(11,12)38(4,5)6)28-36(30(32)3)44-46(13,14)39(7,8)9/h18-20,23,29,33-36H,3,15-17,21-22,24-28H2,1-2,4-14H3/b23-18+,31-19+,32-20-/t29-,33-,34-,35+,36+,40-/m1/s1. The summed E-state index contributed by atoms with van der Waals surface area (Å²) < 4.78 is 14.2. The number of rotatable bonds is 10. The minimum absolute atomic E-state index is 0.0133. The molecule has 0 aromatic heterocycles. The van der Waals surface area contributed by atoms with Crippen LogP contribution in [-0.2, 0) is 13.6 Å². The van der Waals surface area contributed by atoms with E-state index in [0.29, 0.717) is 29.0 Å². The molecule has 0 saturated heterocycles. The second kappa shape index (κ2) is 13.4. The molecule has 3 nitrogen and oxygen atoms in total. The molecular weight excluding hydrogens is 597 g/mol. The average Bonchev–Trinajstić information content (AvgIpc) is 3.65. The van der Waals surface area contributed by atoms with Gasteiger partial charge in [0.2, 0.25) is 0 Å². The van der Waals surface area contributed by atoms with Crippen molar-refractivity contribution in [3.05, 3.63) is 47.6 Å². The Morgan fingerprint density at radius 1 is 0.978 bits per heavy atom. The topological polar surface area (TPSA) is 35.5 Å². The molecule has 260 valence electrons. The fourth-order valence-corrected chi connectivity index (χ4v) is 11.1. The van der Waals surface area contributed by atoms with Crippen molar-refractivity contribution >= 4 is 22.4 Å². The number of hydrogen-bond donors (Lipinski definition) is 0. The molecule has 4 aliphatic carbocycles. The molecule has 4 aliphatic rings. The van der Waals surface area contributed by atoms with E-state index in [1.807, 2.05) is 6.08 Å². The molecule has 0 bridgehead atoms. The van der Waals surface area contributed by atoms with Gasteiger partial charge in [-0.2, -0.15) is 0 Å². The second-order valence-electron chi connectivity index (χ2n) is 19.1. The third kappa shape index (κ3) is 7.73. The Bertz CT molecular complexity index is 1230. The Kier molecular flexibility index (Phi) is 11.0. The summed E-state index contributed by atoms with van der Waals surface area (Å²) >= 11 is 0. The molecule has 0 radical (unpaired) electrons. The molecule has 0 unspecified atom stereocenters. The smallest absolute Gasteiger partial charge is 0.192 e. The lowest BCUT2D eigenvalue weighted by Crippen LogP contribution is -2.49. The molecule has 0 N–H and O–H groups in total. The van der Waals surface area contributed by atoms with Crippen LogP contribution in [0, 0.1) is 28.6 Å². The maximum Gasteiger partial charge on any atom is 0.192 e. The van der Waals surface area contributed by atoms with Crippen LogP contribution < -0.4 is 0 Å². The lowest BCUT2D eigenvalue weighted by atomic mass is 9.61. The van der Waals surface area contributed by atoms with Crippen molar-refractivity contribution < 1.29 is 13.6 Å². The van der Waals surface area contributed by atoms with E-state index in [-0.39, 0.29) is 27.7 Å². The number of carbonyl (C=O) groups excluding carboxylic acids is 1. The summed E-state index contributed by atoms with van der Waals surface area (Å²) in [5, 5.41) is 0.316. The fraction of sp³-hybridized carbons (Fsp3) is 0.780. The highest BCUT2D eigenvalue weighted by Gasteiger charge is 2.51. The van der Waals surface area contributed by atoms with Crippen LogP contribution in [0.3, 0.4) is 0 Å². The van der Waals surface area contributed by atoms with Gasteiger partial charge < -0.3 is 8.85 Å². The molecule has 5 heteroatoms.